The van der Waals surface area contributed by atoms with E-state index in [4.69, 9.17) is 0 Å². The second-order valence-electron chi connectivity index (χ2n) is 6.77. The van der Waals surface area contributed by atoms with Crippen LogP contribution in [0.1, 0.15) is 18.4 Å². The molecule has 1 amide bonds. The molecule has 1 aliphatic rings. The fourth-order valence-electron chi connectivity index (χ4n) is 3.44. The van der Waals surface area contributed by atoms with E-state index in [-0.39, 0.29) is 11.8 Å². The van der Waals surface area contributed by atoms with E-state index >= 15 is 0 Å². The van der Waals surface area contributed by atoms with Crippen LogP contribution in [0, 0.1) is 5.92 Å². The molecule has 7 nitrogen and oxygen atoms in total. The van der Waals surface area contributed by atoms with Gasteiger partial charge >= 0.3 is 0 Å². The number of piperidine rings is 1. The van der Waals surface area contributed by atoms with Gasteiger partial charge in [-0.2, -0.15) is 5.10 Å². The number of nitrogens with one attached hydrogen (secondary N) is 1. The van der Waals surface area contributed by atoms with Gasteiger partial charge in [0.15, 0.2) is 5.82 Å². The summed E-state index contributed by atoms with van der Waals surface area (Å²) in [5.74, 6) is 0.507. The topological polar surface area (TPSA) is 75.9 Å². The Morgan fingerprint density at radius 3 is 2.81 bits per heavy atom. The minimum atomic E-state index is -0.0240. The van der Waals surface area contributed by atoms with Crippen LogP contribution in [0.3, 0.4) is 0 Å². The lowest BCUT2D eigenvalue weighted by Gasteiger charge is -2.32. The Bertz CT molecular complexity index is 863. The number of anilines is 1. The van der Waals surface area contributed by atoms with E-state index in [2.05, 4.69) is 49.5 Å². The van der Waals surface area contributed by atoms with E-state index in [1.54, 1.807) is 24.8 Å². The molecule has 7 heteroatoms. The second kappa shape index (κ2) is 8.09. The number of likely N-dealkylation sites (tertiary alicyclic amines) is 1. The lowest BCUT2D eigenvalue weighted by atomic mass is 9.96. The molecular weight excluding hydrogens is 340 g/mol. The summed E-state index contributed by atoms with van der Waals surface area (Å²) in [4.78, 5) is 23.0. The number of hydrogen-bond donors (Lipinski definition) is 1. The largest absolute Gasteiger partial charge is 0.309 e. The van der Waals surface area contributed by atoms with E-state index < -0.39 is 0 Å². The Labute approximate surface area is 158 Å². The number of nitrogens with zero attached hydrogens (tertiary/aromatic N) is 5. The number of hydrogen-bond acceptors (Lipinski definition) is 5. The second-order valence-corrected chi connectivity index (χ2v) is 6.77. The van der Waals surface area contributed by atoms with Crippen molar-refractivity contribution < 1.29 is 4.79 Å². The third-order valence-electron chi connectivity index (χ3n) is 4.80. The Kier molecular flexibility index (Phi) is 5.20. The van der Waals surface area contributed by atoms with Gasteiger partial charge in [-0.15, -0.1) is 0 Å². The fourth-order valence-corrected chi connectivity index (χ4v) is 3.44. The van der Waals surface area contributed by atoms with E-state index in [0.29, 0.717) is 5.82 Å². The predicted octanol–water partition coefficient (Wildman–Crippen LogP) is 2.51. The number of aromatic nitrogens is 4. The molecule has 0 aliphatic carbocycles. The van der Waals surface area contributed by atoms with Gasteiger partial charge in [-0.3, -0.25) is 14.7 Å². The van der Waals surface area contributed by atoms with Crippen molar-refractivity contribution in [2.75, 3.05) is 18.4 Å². The molecule has 1 N–H and O–H groups in total. The average Bonchev–Trinajstić information content (AvgIpc) is 3.24. The van der Waals surface area contributed by atoms with Crippen molar-refractivity contribution >= 4 is 11.7 Å². The van der Waals surface area contributed by atoms with Crippen LogP contribution < -0.4 is 5.32 Å². The summed E-state index contributed by atoms with van der Waals surface area (Å²) in [7, 11) is 0. The molecule has 4 rings (SSSR count). The maximum Gasteiger partial charge on any atom is 0.229 e. The minimum absolute atomic E-state index is 0.0224. The molecule has 1 atom stereocenters. The number of benzene rings is 1. The summed E-state index contributed by atoms with van der Waals surface area (Å²) in [6, 6.07) is 10.3. The van der Waals surface area contributed by atoms with E-state index in [1.807, 2.05) is 16.9 Å². The smallest absolute Gasteiger partial charge is 0.229 e. The van der Waals surface area contributed by atoms with Gasteiger partial charge in [-0.1, -0.05) is 12.1 Å². The van der Waals surface area contributed by atoms with Crippen LogP contribution in [0.2, 0.25) is 0 Å². The van der Waals surface area contributed by atoms with Crippen molar-refractivity contribution in [1.82, 2.24) is 24.6 Å². The summed E-state index contributed by atoms with van der Waals surface area (Å²) in [6.45, 7) is 2.61. The standard InChI is InChI=1S/C20H22N6O/c27-20(24-19-13-21-9-10-22-19)17-3-1-11-25(15-17)14-16-4-6-18(7-5-16)26-12-2-8-23-26/h2,4-10,12-13,17H,1,3,11,14-15H2,(H,22,24,27)/t17-/m0/s1. The molecule has 27 heavy (non-hydrogen) atoms. The molecule has 0 bridgehead atoms. The van der Waals surface area contributed by atoms with Gasteiger partial charge < -0.3 is 5.32 Å². The first-order chi connectivity index (χ1) is 13.3. The quantitative estimate of drug-likeness (QED) is 0.755. The Hall–Kier alpha value is -3.06. The monoisotopic (exact) mass is 362 g/mol. The molecule has 1 saturated heterocycles. The highest BCUT2D eigenvalue weighted by molar-refractivity contribution is 5.91. The average molecular weight is 362 g/mol. The van der Waals surface area contributed by atoms with Crippen molar-refractivity contribution in [2.45, 2.75) is 19.4 Å². The van der Waals surface area contributed by atoms with E-state index in [1.165, 1.54) is 5.56 Å². The van der Waals surface area contributed by atoms with Crippen LogP contribution >= 0.6 is 0 Å². The van der Waals surface area contributed by atoms with Crippen molar-refractivity contribution in [3.8, 4) is 5.69 Å². The minimum Gasteiger partial charge on any atom is -0.309 e. The maximum absolute atomic E-state index is 12.5. The molecule has 0 radical (unpaired) electrons. The molecule has 0 spiro atoms. The third kappa shape index (κ3) is 4.38. The van der Waals surface area contributed by atoms with Gasteiger partial charge in [-0.05, 0) is 43.1 Å². The highest BCUT2D eigenvalue weighted by atomic mass is 16.2. The Balaban J connectivity index is 1.35. The van der Waals surface area contributed by atoms with Crippen molar-refractivity contribution in [1.29, 1.82) is 0 Å². The molecule has 1 aliphatic heterocycles. The molecule has 0 unspecified atom stereocenters. The van der Waals surface area contributed by atoms with Gasteiger partial charge in [0, 0.05) is 37.9 Å². The number of carbonyl (C=O) groups excluding carboxylic acids is 1. The van der Waals surface area contributed by atoms with Gasteiger partial charge in [0.1, 0.15) is 0 Å². The molecule has 0 saturated carbocycles. The SMILES string of the molecule is O=C(Nc1cnccn1)[C@H]1CCCN(Cc2ccc(-n3cccn3)cc2)C1. The summed E-state index contributed by atoms with van der Waals surface area (Å²) in [5, 5.41) is 7.12. The zero-order valence-corrected chi connectivity index (χ0v) is 15.0. The van der Waals surface area contributed by atoms with Gasteiger partial charge in [0.2, 0.25) is 5.91 Å². The predicted molar refractivity (Wildman–Crippen MR) is 102 cm³/mol. The van der Waals surface area contributed by atoms with Crippen molar-refractivity contribution in [2.24, 2.45) is 5.92 Å². The molecular formula is C20H22N6O. The van der Waals surface area contributed by atoms with Crippen molar-refractivity contribution in [3.05, 3.63) is 66.9 Å². The molecule has 3 heterocycles. The van der Waals surface area contributed by atoms with Crippen molar-refractivity contribution in [3.63, 3.8) is 0 Å². The van der Waals surface area contributed by atoms with Crippen LogP contribution in [0.15, 0.2) is 61.3 Å². The maximum atomic E-state index is 12.5. The third-order valence-corrected chi connectivity index (χ3v) is 4.80. The summed E-state index contributed by atoms with van der Waals surface area (Å²) < 4.78 is 1.84. The summed E-state index contributed by atoms with van der Waals surface area (Å²) in [6.07, 6.45) is 10.4. The van der Waals surface area contributed by atoms with Crippen LogP contribution in [-0.4, -0.2) is 43.6 Å². The lowest BCUT2D eigenvalue weighted by molar-refractivity contribution is -0.121. The zero-order valence-electron chi connectivity index (χ0n) is 15.0. The number of carbonyl (C=O) groups is 1. The lowest BCUT2D eigenvalue weighted by Crippen LogP contribution is -2.40. The molecule has 2 aromatic heterocycles. The van der Waals surface area contributed by atoms with E-state index in [9.17, 15) is 4.79 Å². The summed E-state index contributed by atoms with van der Waals surface area (Å²) in [5.41, 5.74) is 2.28. The zero-order chi connectivity index (χ0) is 18.5. The first-order valence-corrected chi connectivity index (χ1v) is 9.16. The van der Waals surface area contributed by atoms with Gasteiger partial charge in [0.05, 0.1) is 17.8 Å². The first-order valence-electron chi connectivity index (χ1n) is 9.16. The highest BCUT2D eigenvalue weighted by Gasteiger charge is 2.26. The Morgan fingerprint density at radius 2 is 2.07 bits per heavy atom. The van der Waals surface area contributed by atoms with E-state index in [0.717, 1.165) is 38.2 Å². The van der Waals surface area contributed by atoms with Crippen LogP contribution in [0.4, 0.5) is 5.82 Å². The highest BCUT2D eigenvalue weighted by Crippen LogP contribution is 2.20. The molecule has 1 aromatic carbocycles. The van der Waals surface area contributed by atoms with Crippen LogP contribution in [0.5, 0.6) is 0 Å². The molecule has 1 fully saturated rings. The molecule has 3 aromatic rings. The Morgan fingerprint density at radius 1 is 1.19 bits per heavy atom. The summed E-state index contributed by atoms with van der Waals surface area (Å²) >= 11 is 0. The van der Waals surface area contributed by atoms with Gasteiger partial charge in [0.25, 0.3) is 0 Å². The fraction of sp³-hybridized carbons (Fsp3) is 0.300. The molecule has 138 valence electrons. The first kappa shape index (κ1) is 17.4. The van der Waals surface area contributed by atoms with Gasteiger partial charge in [-0.25, -0.2) is 9.67 Å². The number of rotatable bonds is 5. The van der Waals surface area contributed by atoms with Crippen LogP contribution in [-0.2, 0) is 11.3 Å². The normalized spacial score (nSPS) is 17.6. The van der Waals surface area contributed by atoms with Crippen LogP contribution in [0.25, 0.3) is 5.69 Å². The number of amides is 1.